The van der Waals surface area contributed by atoms with Crippen molar-refractivity contribution in [3.63, 3.8) is 0 Å². The lowest BCUT2D eigenvalue weighted by molar-refractivity contribution is 0.930. The minimum Gasteiger partial charge on any atom is -0.249 e. The number of pyridine rings is 2. The molecular weight excluding hydrogens is 327 g/mol. The Morgan fingerprint density at radius 1 is 0.565 bits per heavy atom. The maximum atomic E-state index is 6.63. The molecule has 0 radical (unpaired) electrons. The number of fused-ring (bicyclic) bond motifs is 2. The molecule has 0 aliphatic rings. The lowest BCUT2D eigenvalue weighted by Crippen LogP contribution is -2.16. The maximum Gasteiger partial charge on any atom is 0.201 e. The fraction of sp³-hybridized carbons (Fsp3) is 0.0526. The molecule has 23 heavy (non-hydrogen) atoms. The van der Waals surface area contributed by atoms with Crippen LogP contribution in [0.15, 0.2) is 72.8 Å². The van der Waals surface area contributed by atoms with Gasteiger partial charge in [-0.3, -0.25) is 0 Å². The summed E-state index contributed by atoms with van der Waals surface area (Å²) in [7, 11) is 0. The zero-order valence-corrected chi connectivity index (χ0v) is 13.6. The van der Waals surface area contributed by atoms with E-state index in [1.54, 1.807) is 0 Å². The molecule has 2 heterocycles. The van der Waals surface area contributed by atoms with Gasteiger partial charge in [0.2, 0.25) is 4.33 Å². The van der Waals surface area contributed by atoms with Crippen LogP contribution in [0.4, 0.5) is 0 Å². The van der Waals surface area contributed by atoms with Gasteiger partial charge in [0.25, 0.3) is 0 Å². The van der Waals surface area contributed by atoms with E-state index in [0.717, 1.165) is 21.8 Å². The first-order valence-electron chi connectivity index (χ1n) is 7.25. The third kappa shape index (κ3) is 2.54. The molecule has 0 saturated carbocycles. The van der Waals surface area contributed by atoms with E-state index in [4.69, 9.17) is 23.2 Å². The second-order valence-electron chi connectivity index (χ2n) is 5.35. The van der Waals surface area contributed by atoms with Gasteiger partial charge in [-0.2, -0.15) is 0 Å². The number of halogens is 2. The molecule has 0 bridgehead atoms. The number of rotatable bonds is 2. The van der Waals surface area contributed by atoms with Crippen LogP contribution in [0.25, 0.3) is 21.8 Å². The number of hydrogen-bond donors (Lipinski definition) is 0. The van der Waals surface area contributed by atoms with Gasteiger partial charge in [0, 0.05) is 10.8 Å². The third-order valence-corrected chi connectivity index (χ3v) is 4.61. The van der Waals surface area contributed by atoms with Crippen LogP contribution in [0, 0.1) is 0 Å². The molecule has 0 aliphatic heterocycles. The van der Waals surface area contributed by atoms with E-state index in [2.05, 4.69) is 9.97 Å². The normalized spacial score (nSPS) is 11.9. The first-order chi connectivity index (χ1) is 11.1. The lowest BCUT2D eigenvalue weighted by atomic mass is 10.1. The topological polar surface area (TPSA) is 25.8 Å². The number of hydrogen-bond acceptors (Lipinski definition) is 2. The summed E-state index contributed by atoms with van der Waals surface area (Å²) in [6.07, 6.45) is 0. The summed E-state index contributed by atoms with van der Waals surface area (Å²) < 4.78 is -1.30. The molecule has 2 aromatic carbocycles. The summed E-state index contributed by atoms with van der Waals surface area (Å²) >= 11 is 13.3. The van der Waals surface area contributed by atoms with Crippen LogP contribution in [0.1, 0.15) is 11.4 Å². The largest absolute Gasteiger partial charge is 0.249 e. The SMILES string of the molecule is ClC(Cl)(c1ccc2ccccc2n1)c1ccc2ccccc2n1. The van der Waals surface area contributed by atoms with Crippen molar-refractivity contribution < 1.29 is 0 Å². The Labute approximate surface area is 143 Å². The number of nitrogens with zero attached hydrogens (tertiary/aromatic N) is 2. The molecule has 112 valence electrons. The Morgan fingerprint density at radius 3 is 1.48 bits per heavy atom. The van der Waals surface area contributed by atoms with E-state index in [1.807, 2.05) is 72.8 Å². The Hall–Kier alpha value is -2.16. The highest BCUT2D eigenvalue weighted by molar-refractivity contribution is 6.49. The molecule has 4 aromatic rings. The minimum atomic E-state index is -1.30. The zero-order chi connectivity index (χ0) is 15.9. The summed E-state index contributed by atoms with van der Waals surface area (Å²) in [5, 5.41) is 2.10. The standard InChI is InChI=1S/C19H12Cl2N2/c20-19(21,17-11-9-13-5-1-3-7-15(13)22-17)18-12-10-14-6-2-4-8-16(14)23-18/h1-12H. The molecule has 4 heteroatoms. The van der Waals surface area contributed by atoms with Crippen molar-refractivity contribution in [2.75, 3.05) is 0 Å². The summed E-state index contributed by atoms with van der Waals surface area (Å²) in [6, 6.07) is 23.4. The predicted octanol–water partition coefficient (Wildman–Crippen LogP) is 5.46. The summed E-state index contributed by atoms with van der Waals surface area (Å²) in [6.45, 7) is 0. The van der Waals surface area contributed by atoms with Crippen LogP contribution in [0.3, 0.4) is 0 Å². The van der Waals surface area contributed by atoms with Crippen molar-refractivity contribution in [1.82, 2.24) is 9.97 Å². The monoisotopic (exact) mass is 338 g/mol. The summed E-state index contributed by atoms with van der Waals surface area (Å²) in [4.78, 5) is 9.20. The Bertz CT molecular complexity index is 931. The molecule has 0 atom stereocenters. The zero-order valence-electron chi connectivity index (χ0n) is 12.1. The average molecular weight is 339 g/mol. The molecular formula is C19H12Cl2N2. The minimum absolute atomic E-state index is 0.572. The van der Waals surface area contributed by atoms with E-state index in [1.165, 1.54) is 0 Å². The number of alkyl halides is 2. The predicted molar refractivity (Wildman–Crippen MR) is 96.0 cm³/mol. The van der Waals surface area contributed by atoms with Crippen LogP contribution in [0.2, 0.25) is 0 Å². The van der Waals surface area contributed by atoms with Gasteiger partial charge in [-0.15, -0.1) is 0 Å². The Balaban J connectivity index is 1.85. The molecule has 0 fully saturated rings. The van der Waals surface area contributed by atoms with Gasteiger partial charge in [-0.05, 0) is 24.3 Å². The molecule has 2 aromatic heterocycles. The maximum absolute atomic E-state index is 6.63. The van der Waals surface area contributed by atoms with Gasteiger partial charge >= 0.3 is 0 Å². The van der Waals surface area contributed by atoms with Crippen molar-refractivity contribution in [2.45, 2.75) is 4.33 Å². The highest BCUT2D eigenvalue weighted by atomic mass is 35.5. The average Bonchev–Trinajstić information content (AvgIpc) is 2.61. The van der Waals surface area contributed by atoms with Crippen molar-refractivity contribution in [2.24, 2.45) is 0 Å². The van der Waals surface area contributed by atoms with E-state index in [0.29, 0.717) is 11.4 Å². The fourth-order valence-corrected chi connectivity index (χ4v) is 3.03. The van der Waals surface area contributed by atoms with Gasteiger partial charge in [0.05, 0.1) is 22.4 Å². The first kappa shape index (κ1) is 14.4. The number of para-hydroxylation sites is 2. The van der Waals surface area contributed by atoms with Gasteiger partial charge in [-0.1, -0.05) is 71.7 Å². The fourth-order valence-electron chi connectivity index (χ4n) is 2.61. The van der Waals surface area contributed by atoms with Gasteiger partial charge in [-0.25, -0.2) is 9.97 Å². The first-order valence-corrected chi connectivity index (χ1v) is 8.00. The summed E-state index contributed by atoms with van der Waals surface area (Å²) in [5.74, 6) is 0. The Kier molecular flexibility index (Phi) is 3.44. The van der Waals surface area contributed by atoms with E-state index < -0.39 is 4.33 Å². The smallest absolute Gasteiger partial charge is 0.201 e. The van der Waals surface area contributed by atoms with Crippen LogP contribution >= 0.6 is 23.2 Å². The Morgan fingerprint density at radius 2 is 1.00 bits per heavy atom. The van der Waals surface area contributed by atoms with Crippen molar-refractivity contribution in [3.05, 3.63) is 84.2 Å². The highest BCUT2D eigenvalue weighted by Gasteiger charge is 2.32. The van der Waals surface area contributed by atoms with Crippen LogP contribution in [-0.4, -0.2) is 9.97 Å². The number of benzene rings is 2. The highest BCUT2D eigenvalue weighted by Crippen LogP contribution is 2.39. The van der Waals surface area contributed by atoms with Crippen molar-refractivity contribution in [3.8, 4) is 0 Å². The molecule has 2 nitrogen and oxygen atoms in total. The molecule has 0 spiro atoms. The van der Waals surface area contributed by atoms with Crippen LogP contribution in [0.5, 0.6) is 0 Å². The molecule has 0 unspecified atom stereocenters. The quantitative estimate of drug-likeness (QED) is 0.453. The number of aromatic nitrogens is 2. The van der Waals surface area contributed by atoms with Gasteiger partial charge < -0.3 is 0 Å². The van der Waals surface area contributed by atoms with Gasteiger partial charge in [0.1, 0.15) is 0 Å². The molecule has 0 saturated heterocycles. The van der Waals surface area contributed by atoms with Crippen LogP contribution < -0.4 is 0 Å². The van der Waals surface area contributed by atoms with E-state index in [-0.39, 0.29) is 0 Å². The second kappa shape index (κ2) is 5.48. The van der Waals surface area contributed by atoms with Crippen molar-refractivity contribution >= 4 is 45.0 Å². The van der Waals surface area contributed by atoms with Crippen LogP contribution in [-0.2, 0) is 4.33 Å². The molecule has 0 amide bonds. The van der Waals surface area contributed by atoms with Crippen molar-refractivity contribution in [1.29, 1.82) is 0 Å². The molecule has 4 rings (SSSR count). The lowest BCUT2D eigenvalue weighted by Gasteiger charge is -2.19. The third-order valence-electron chi connectivity index (χ3n) is 3.84. The molecule has 0 N–H and O–H groups in total. The second-order valence-corrected chi connectivity index (χ2v) is 6.68. The van der Waals surface area contributed by atoms with E-state index in [9.17, 15) is 0 Å². The molecule has 0 aliphatic carbocycles. The summed E-state index contributed by atoms with van der Waals surface area (Å²) in [5.41, 5.74) is 2.86. The van der Waals surface area contributed by atoms with E-state index >= 15 is 0 Å². The van der Waals surface area contributed by atoms with Gasteiger partial charge in [0.15, 0.2) is 0 Å².